The van der Waals surface area contributed by atoms with Gasteiger partial charge in [0.05, 0.1) is 0 Å². The van der Waals surface area contributed by atoms with Gasteiger partial charge in [-0.3, -0.25) is 0 Å². The number of hydrogen-bond donors (Lipinski definition) is 3. The number of rotatable bonds is 0. The predicted octanol–water partition coefficient (Wildman–Crippen LogP) is -9.52. The average Bonchev–Trinajstić information content (AvgIpc) is 1.70. The monoisotopic (exact) mass is 258 g/mol. The molecule has 0 rings (SSSR count). The zero-order chi connectivity index (χ0) is 8.12. The van der Waals surface area contributed by atoms with Crippen LogP contribution in [0.4, 0.5) is 0 Å². The van der Waals surface area contributed by atoms with Crippen LogP contribution in [-0.4, -0.2) is 51.6 Å². The van der Waals surface area contributed by atoms with Crippen LogP contribution in [0.1, 0.15) is 20.8 Å². The van der Waals surface area contributed by atoms with Gasteiger partial charge in [-0.2, -0.15) is 0 Å². The summed E-state index contributed by atoms with van der Waals surface area (Å²) >= 11 is 0. The molecular formula is C6H21KLiNaO6. The van der Waals surface area contributed by atoms with Crippen LogP contribution in [0.5, 0.6) is 0 Å². The van der Waals surface area contributed by atoms with Gasteiger partial charge in [0.25, 0.3) is 0 Å². The van der Waals surface area contributed by atoms with E-state index in [-0.39, 0.29) is 136 Å². The summed E-state index contributed by atoms with van der Waals surface area (Å²) in [5.74, 6) is 0. The molecule has 0 aliphatic heterocycles. The summed E-state index contributed by atoms with van der Waals surface area (Å²) in [6.45, 7) is 5.79. The van der Waals surface area contributed by atoms with Gasteiger partial charge < -0.3 is 31.7 Å². The molecule has 0 saturated carbocycles. The molecule has 0 aromatic carbocycles. The van der Waals surface area contributed by atoms with E-state index >= 15 is 0 Å². The first-order chi connectivity index (χ1) is 4.24. The Morgan fingerprint density at radius 2 is 0.667 bits per heavy atom. The van der Waals surface area contributed by atoms with Crippen molar-refractivity contribution in [1.82, 2.24) is 0 Å². The van der Waals surface area contributed by atoms with Crippen molar-refractivity contribution in [2.45, 2.75) is 20.8 Å². The molecule has 0 spiro atoms. The van der Waals surface area contributed by atoms with E-state index in [1.807, 2.05) is 0 Å². The maximum absolute atomic E-state index is 7.57. The molecule has 15 heavy (non-hydrogen) atoms. The van der Waals surface area contributed by atoms with Crippen LogP contribution in [0.3, 0.4) is 0 Å². The van der Waals surface area contributed by atoms with Crippen LogP contribution in [0.15, 0.2) is 0 Å². The van der Waals surface area contributed by atoms with E-state index in [1.54, 1.807) is 20.8 Å². The van der Waals surface area contributed by atoms with Crippen LogP contribution in [0.2, 0.25) is 0 Å². The Labute approximate surface area is 169 Å². The van der Waals surface area contributed by atoms with Crippen molar-refractivity contribution in [2.24, 2.45) is 0 Å². The van der Waals surface area contributed by atoms with E-state index in [2.05, 4.69) is 0 Å². The van der Waals surface area contributed by atoms with Gasteiger partial charge in [0.1, 0.15) is 0 Å². The Morgan fingerprint density at radius 1 is 0.667 bits per heavy atom. The Balaban J connectivity index is -0.00000000429. The zero-order valence-corrected chi connectivity index (χ0v) is 15.9. The molecule has 6 N–H and O–H groups in total. The van der Waals surface area contributed by atoms with Crippen molar-refractivity contribution >= 4 is 0 Å². The van der Waals surface area contributed by atoms with Gasteiger partial charge in [-0.15, -0.1) is 0 Å². The standard InChI is InChI=1S/3C2H6O.K.Li.Na.3H2O/c3*1-2-3;;;;;;/h3*3H,2H2,1H3;;;;3*1H2/q;;;3*+1;;;/p-3. The van der Waals surface area contributed by atoms with Crippen molar-refractivity contribution < 1.29 is 132 Å². The molecular weight excluding hydrogens is 237 g/mol. The summed E-state index contributed by atoms with van der Waals surface area (Å²) in [5.41, 5.74) is 0. The Morgan fingerprint density at radius 3 is 0.667 bits per heavy atom. The second-order valence-corrected chi connectivity index (χ2v) is 0.949. The smallest absolute Gasteiger partial charge is 0.870 e. The van der Waals surface area contributed by atoms with Gasteiger partial charge in [0.2, 0.25) is 0 Å². The minimum absolute atomic E-state index is 0. The van der Waals surface area contributed by atoms with Crippen LogP contribution in [0, 0.1) is 0 Å². The van der Waals surface area contributed by atoms with E-state index < -0.39 is 0 Å². The first kappa shape index (κ1) is 64.2. The summed E-state index contributed by atoms with van der Waals surface area (Å²) in [5, 5.41) is 22.7. The van der Waals surface area contributed by atoms with Gasteiger partial charge >= 0.3 is 99.8 Å². The molecule has 0 aliphatic rings. The zero-order valence-electron chi connectivity index (χ0n) is 10.8. The maximum Gasteiger partial charge on any atom is 1.00 e. The average molecular weight is 258 g/mol. The van der Waals surface area contributed by atoms with Crippen LogP contribution >= 0.6 is 0 Å². The summed E-state index contributed by atoms with van der Waals surface area (Å²) in [6.07, 6.45) is 0. The Bertz CT molecular complexity index is 32.3. The Kier molecular flexibility index (Phi) is 518. The van der Waals surface area contributed by atoms with E-state index in [4.69, 9.17) is 15.3 Å². The minimum Gasteiger partial charge on any atom is -0.870 e. The van der Waals surface area contributed by atoms with E-state index in [1.165, 1.54) is 0 Å². The van der Waals surface area contributed by atoms with Crippen molar-refractivity contribution in [3.63, 3.8) is 0 Å². The maximum atomic E-state index is 7.57. The van der Waals surface area contributed by atoms with E-state index in [0.717, 1.165) is 0 Å². The predicted molar refractivity (Wildman–Crippen MR) is 44.1 cm³/mol. The SMILES string of the molecule is CCO.CCO.CCO.[K+].[Li+].[Na+].[OH-].[OH-].[OH-]. The largest absolute Gasteiger partial charge is 1.00 e. The minimum atomic E-state index is 0. The molecule has 0 fully saturated rings. The fraction of sp³-hybridized carbons (Fsp3) is 1.00. The molecule has 0 atom stereocenters. The van der Waals surface area contributed by atoms with Crippen LogP contribution in [0.25, 0.3) is 0 Å². The third-order valence-corrected chi connectivity index (χ3v) is 0. The van der Waals surface area contributed by atoms with Crippen molar-refractivity contribution in [3.8, 4) is 0 Å². The molecule has 6 nitrogen and oxygen atoms in total. The summed E-state index contributed by atoms with van der Waals surface area (Å²) in [4.78, 5) is 0. The summed E-state index contributed by atoms with van der Waals surface area (Å²) in [7, 11) is 0. The third kappa shape index (κ3) is 426. The first-order valence-electron chi connectivity index (χ1n) is 3.07. The first-order valence-corrected chi connectivity index (χ1v) is 3.07. The van der Waals surface area contributed by atoms with Crippen LogP contribution in [-0.2, 0) is 0 Å². The summed E-state index contributed by atoms with van der Waals surface area (Å²) < 4.78 is 0. The van der Waals surface area contributed by atoms with Gasteiger partial charge in [0, 0.05) is 19.8 Å². The molecule has 0 saturated heterocycles. The topological polar surface area (TPSA) is 151 Å². The molecule has 0 bridgehead atoms. The van der Waals surface area contributed by atoms with Crippen molar-refractivity contribution in [2.75, 3.05) is 19.8 Å². The second kappa shape index (κ2) is 121. The van der Waals surface area contributed by atoms with Crippen LogP contribution < -0.4 is 99.8 Å². The molecule has 0 unspecified atom stereocenters. The fourth-order valence-corrected chi connectivity index (χ4v) is 0. The summed E-state index contributed by atoms with van der Waals surface area (Å²) in [6, 6.07) is 0. The van der Waals surface area contributed by atoms with Crippen molar-refractivity contribution in [3.05, 3.63) is 0 Å². The normalized spacial score (nSPS) is 3.60. The quantitative estimate of drug-likeness (QED) is 0.367. The van der Waals surface area contributed by atoms with Crippen molar-refractivity contribution in [1.29, 1.82) is 0 Å². The molecule has 0 amide bonds. The second-order valence-electron chi connectivity index (χ2n) is 0.949. The number of aliphatic hydroxyl groups is 3. The molecule has 84 valence electrons. The molecule has 0 heterocycles. The van der Waals surface area contributed by atoms with E-state index in [0.29, 0.717) is 0 Å². The van der Waals surface area contributed by atoms with Gasteiger partial charge in [-0.1, -0.05) is 0 Å². The molecule has 0 aromatic heterocycles. The third-order valence-electron chi connectivity index (χ3n) is 0. The molecule has 0 aromatic rings. The number of hydrogen-bond acceptors (Lipinski definition) is 6. The van der Waals surface area contributed by atoms with Gasteiger partial charge in [-0.05, 0) is 20.8 Å². The molecule has 9 heteroatoms. The molecule has 0 aliphatic carbocycles. The molecule has 0 radical (unpaired) electrons. The fourth-order valence-electron chi connectivity index (χ4n) is 0. The van der Waals surface area contributed by atoms with E-state index in [9.17, 15) is 0 Å². The number of aliphatic hydroxyl groups excluding tert-OH is 3. The van der Waals surface area contributed by atoms with Gasteiger partial charge in [0.15, 0.2) is 0 Å². The van der Waals surface area contributed by atoms with Gasteiger partial charge in [-0.25, -0.2) is 0 Å². The Hall–Kier alpha value is 2.99.